The predicted molar refractivity (Wildman–Crippen MR) is 107 cm³/mol. The first-order valence-corrected chi connectivity index (χ1v) is 9.65. The second-order valence-electron chi connectivity index (χ2n) is 6.80. The first kappa shape index (κ1) is 18.5. The quantitative estimate of drug-likeness (QED) is 0.672. The van der Waals surface area contributed by atoms with Gasteiger partial charge in [0.15, 0.2) is 0 Å². The predicted octanol–water partition coefficient (Wildman–Crippen LogP) is 3.82. The van der Waals surface area contributed by atoms with Crippen molar-refractivity contribution in [2.75, 3.05) is 13.1 Å². The van der Waals surface area contributed by atoms with Crippen LogP contribution in [-0.2, 0) is 7.05 Å². The molecule has 0 spiro atoms. The smallest absolute Gasteiger partial charge is 0.272 e. The number of aryl methyl sites for hydroxylation is 1. The van der Waals surface area contributed by atoms with Crippen LogP contribution in [0, 0.1) is 0 Å². The van der Waals surface area contributed by atoms with Crippen molar-refractivity contribution in [3.63, 3.8) is 0 Å². The van der Waals surface area contributed by atoms with Gasteiger partial charge in [0.25, 0.3) is 5.91 Å². The number of aromatic nitrogens is 3. The van der Waals surface area contributed by atoms with Crippen LogP contribution in [0.2, 0.25) is 5.02 Å². The minimum absolute atomic E-state index is 0.00265. The lowest BCUT2D eigenvalue weighted by Gasteiger charge is -2.32. The number of ether oxygens (including phenoxy) is 1. The molecule has 1 aromatic carbocycles. The minimum atomic E-state index is -0.00787. The van der Waals surface area contributed by atoms with Crippen LogP contribution in [0.5, 0.6) is 5.88 Å². The SMILES string of the molecule is Cn1nc(-c2ccccc2)cc1C(=O)N1CCC(Oc2ncccc2Cl)CC1. The molecule has 1 fully saturated rings. The standard InChI is InChI=1S/C21H21ClN4O2/c1-25-19(14-18(24-25)15-6-3-2-4-7-15)21(27)26-12-9-16(10-13-26)28-20-17(22)8-5-11-23-20/h2-8,11,14,16H,9-10,12-13H2,1H3. The number of benzene rings is 1. The van der Waals surface area contributed by atoms with E-state index in [-0.39, 0.29) is 12.0 Å². The Morgan fingerprint density at radius 3 is 2.61 bits per heavy atom. The van der Waals surface area contributed by atoms with Gasteiger partial charge in [-0.05, 0) is 18.2 Å². The second-order valence-corrected chi connectivity index (χ2v) is 7.21. The molecule has 0 atom stereocenters. The highest BCUT2D eigenvalue weighted by molar-refractivity contribution is 6.31. The van der Waals surface area contributed by atoms with Crippen molar-refractivity contribution in [3.05, 3.63) is 65.4 Å². The van der Waals surface area contributed by atoms with Gasteiger partial charge in [-0.3, -0.25) is 9.48 Å². The van der Waals surface area contributed by atoms with Crippen LogP contribution in [0.4, 0.5) is 0 Å². The van der Waals surface area contributed by atoms with Crippen LogP contribution >= 0.6 is 11.6 Å². The summed E-state index contributed by atoms with van der Waals surface area (Å²) in [4.78, 5) is 19.0. The number of piperidine rings is 1. The molecule has 1 aliphatic heterocycles. The first-order valence-electron chi connectivity index (χ1n) is 9.28. The van der Waals surface area contributed by atoms with Crippen molar-refractivity contribution in [1.82, 2.24) is 19.7 Å². The summed E-state index contributed by atoms with van der Waals surface area (Å²) in [6.45, 7) is 1.25. The van der Waals surface area contributed by atoms with Gasteiger partial charge in [-0.15, -0.1) is 0 Å². The molecule has 0 aliphatic carbocycles. The number of nitrogens with zero attached hydrogens (tertiary/aromatic N) is 4. The van der Waals surface area contributed by atoms with Crippen LogP contribution in [0.15, 0.2) is 54.7 Å². The highest BCUT2D eigenvalue weighted by Gasteiger charge is 2.27. The number of amides is 1. The Labute approximate surface area is 168 Å². The Kier molecular flexibility index (Phi) is 5.30. The fourth-order valence-corrected chi connectivity index (χ4v) is 3.54. The molecule has 2 aromatic heterocycles. The third-order valence-electron chi connectivity index (χ3n) is 4.90. The van der Waals surface area contributed by atoms with E-state index in [0.717, 1.165) is 24.1 Å². The molecule has 28 heavy (non-hydrogen) atoms. The molecular formula is C21H21ClN4O2. The van der Waals surface area contributed by atoms with E-state index in [1.54, 1.807) is 30.1 Å². The topological polar surface area (TPSA) is 60.2 Å². The highest BCUT2D eigenvalue weighted by Crippen LogP contribution is 2.25. The molecule has 0 bridgehead atoms. The molecule has 1 saturated heterocycles. The van der Waals surface area contributed by atoms with Gasteiger partial charge in [0.1, 0.15) is 16.8 Å². The molecular weight excluding hydrogens is 376 g/mol. The van der Waals surface area contributed by atoms with Crippen molar-refractivity contribution >= 4 is 17.5 Å². The van der Waals surface area contributed by atoms with E-state index >= 15 is 0 Å². The van der Waals surface area contributed by atoms with Crippen molar-refractivity contribution in [2.24, 2.45) is 7.05 Å². The summed E-state index contributed by atoms with van der Waals surface area (Å²) >= 11 is 6.11. The zero-order chi connectivity index (χ0) is 19.5. The van der Waals surface area contributed by atoms with E-state index in [1.807, 2.05) is 41.3 Å². The molecule has 3 heterocycles. The number of halogens is 1. The molecule has 3 aromatic rings. The monoisotopic (exact) mass is 396 g/mol. The summed E-state index contributed by atoms with van der Waals surface area (Å²) in [5.41, 5.74) is 2.39. The van der Waals surface area contributed by atoms with E-state index in [1.165, 1.54) is 0 Å². The van der Waals surface area contributed by atoms with Gasteiger partial charge in [-0.25, -0.2) is 4.98 Å². The van der Waals surface area contributed by atoms with Crippen LogP contribution in [0.3, 0.4) is 0 Å². The van der Waals surface area contributed by atoms with Crippen molar-refractivity contribution in [1.29, 1.82) is 0 Å². The summed E-state index contributed by atoms with van der Waals surface area (Å²) < 4.78 is 7.56. The molecule has 6 nitrogen and oxygen atoms in total. The summed E-state index contributed by atoms with van der Waals surface area (Å²) in [5, 5.41) is 5.00. The number of likely N-dealkylation sites (tertiary alicyclic amines) is 1. The average molecular weight is 397 g/mol. The number of hydrogen-bond acceptors (Lipinski definition) is 4. The minimum Gasteiger partial charge on any atom is -0.473 e. The van der Waals surface area contributed by atoms with Gasteiger partial charge in [0.2, 0.25) is 5.88 Å². The molecule has 144 valence electrons. The molecule has 0 radical (unpaired) electrons. The molecule has 0 N–H and O–H groups in total. The second kappa shape index (κ2) is 8.02. The van der Waals surface area contributed by atoms with Crippen LogP contribution in [0.1, 0.15) is 23.3 Å². The lowest BCUT2D eigenvalue weighted by Crippen LogP contribution is -2.42. The molecule has 4 rings (SSSR count). The van der Waals surface area contributed by atoms with Crippen molar-refractivity contribution < 1.29 is 9.53 Å². The van der Waals surface area contributed by atoms with E-state index in [2.05, 4.69) is 10.1 Å². The fourth-order valence-electron chi connectivity index (χ4n) is 3.37. The Hall–Kier alpha value is -2.86. The summed E-state index contributed by atoms with van der Waals surface area (Å²) in [6, 6.07) is 15.2. The van der Waals surface area contributed by atoms with Crippen molar-refractivity contribution in [3.8, 4) is 17.1 Å². The van der Waals surface area contributed by atoms with Gasteiger partial charge >= 0.3 is 0 Å². The van der Waals surface area contributed by atoms with E-state index < -0.39 is 0 Å². The van der Waals surface area contributed by atoms with Crippen molar-refractivity contribution in [2.45, 2.75) is 18.9 Å². The number of hydrogen-bond donors (Lipinski definition) is 0. The van der Waals surface area contributed by atoms with Gasteiger partial charge in [0.05, 0.1) is 5.69 Å². The third-order valence-corrected chi connectivity index (χ3v) is 5.19. The maximum Gasteiger partial charge on any atom is 0.272 e. The molecule has 7 heteroatoms. The molecule has 1 amide bonds. The zero-order valence-corrected chi connectivity index (χ0v) is 16.3. The Morgan fingerprint density at radius 2 is 1.89 bits per heavy atom. The van der Waals surface area contributed by atoms with Crippen LogP contribution in [0.25, 0.3) is 11.3 Å². The number of pyridine rings is 1. The third kappa shape index (κ3) is 3.87. The van der Waals surface area contributed by atoms with Gasteiger partial charge in [0, 0.05) is 44.7 Å². The Balaban J connectivity index is 1.40. The normalized spacial score (nSPS) is 14.9. The van der Waals surface area contributed by atoms with Gasteiger partial charge in [-0.2, -0.15) is 5.10 Å². The average Bonchev–Trinajstić information content (AvgIpc) is 3.12. The molecule has 0 unspecified atom stereocenters. The summed E-state index contributed by atoms with van der Waals surface area (Å²) in [5.74, 6) is 0.444. The maximum atomic E-state index is 13.0. The lowest BCUT2D eigenvalue weighted by atomic mass is 10.1. The Bertz CT molecular complexity index is 966. The number of carbonyl (C=O) groups excluding carboxylic acids is 1. The maximum absolute atomic E-state index is 13.0. The first-order chi connectivity index (χ1) is 13.6. The van der Waals surface area contributed by atoms with Crippen LogP contribution < -0.4 is 4.74 Å². The van der Waals surface area contributed by atoms with E-state index in [0.29, 0.717) is 29.7 Å². The molecule has 1 aliphatic rings. The summed E-state index contributed by atoms with van der Waals surface area (Å²) in [6.07, 6.45) is 3.14. The van der Waals surface area contributed by atoms with E-state index in [4.69, 9.17) is 16.3 Å². The number of rotatable bonds is 4. The number of carbonyl (C=O) groups is 1. The van der Waals surface area contributed by atoms with E-state index in [9.17, 15) is 4.79 Å². The lowest BCUT2D eigenvalue weighted by molar-refractivity contribution is 0.0578. The zero-order valence-electron chi connectivity index (χ0n) is 15.6. The van der Waals surface area contributed by atoms with Gasteiger partial charge in [-0.1, -0.05) is 41.9 Å². The highest BCUT2D eigenvalue weighted by atomic mass is 35.5. The summed E-state index contributed by atoms with van der Waals surface area (Å²) in [7, 11) is 1.80. The fraction of sp³-hybridized carbons (Fsp3) is 0.286. The van der Waals surface area contributed by atoms with Gasteiger partial charge < -0.3 is 9.64 Å². The Morgan fingerprint density at radius 1 is 1.14 bits per heavy atom. The largest absolute Gasteiger partial charge is 0.473 e. The van der Waals surface area contributed by atoms with Crippen LogP contribution in [-0.4, -0.2) is 44.8 Å². The molecule has 0 saturated carbocycles.